The number of ether oxygens (including phenoxy) is 2. The molecular formula is C17H33N3O2. The second-order valence-electron chi connectivity index (χ2n) is 6.58. The summed E-state index contributed by atoms with van der Waals surface area (Å²) in [5.74, 6) is 1.76. The van der Waals surface area contributed by atoms with E-state index in [0.29, 0.717) is 31.9 Å². The monoisotopic (exact) mass is 311 g/mol. The first-order valence-electron chi connectivity index (χ1n) is 9.02. The summed E-state index contributed by atoms with van der Waals surface area (Å²) in [6.07, 6.45) is 7.79. The van der Waals surface area contributed by atoms with Gasteiger partial charge in [0.1, 0.15) is 0 Å². The van der Waals surface area contributed by atoms with Crippen LogP contribution in [-0.4, -0.2) is 51.0 Å². The van der Waals surface area contributed by atoms with Gasteiger partial charge in [-0.25, -0.2) is 0 Å². The van der Waals surface area contributed by atoms with Crippen molar-refractivity contribution in [3.8, 4) is 0 Å². The Morgan fingerprint density at radius 3 is 2.91 bits per heavy atom. The van der Waals surface area contributed by atoms with Crippen LogP contribution in [0.5, 0.6) is 0 Å². The molecule has 2 aliphatic rings. The summed E-state index contributed by atoms with van der Waals surface area (Å²) in [6, 6.07) is 0.564. The first-order chi connectivity index (χ1) is 10.8. The van der Waals surface area contributed by atoms with E-state index >= 15 is 0 Å². The highest BCUT2D eigenvalue weighted by Gasteiger charge is 2.19. The van der Waals surface area contributed by atoms with E-state index in [0.717, 1.165) is 31.4 Å². The molecule has 0 spiro atoms. The van der Waals surface area contributed by atoms with Crippen LogP contribution in [0.4, 0.5) is 0 Å². The third-order valence-corrected chi connectivity index (χ3v) is 4.45. The standard InChI is InChI=1S/C17H33N3O2/c1-3-18-17(20-15-7-4-6-14(2)12-15)19-9-11-21-13-16-8-5-10-22-16/h14-16H,3-13H2,1-2H3,(H2,18,19,20). The number of rotatable bonds is 7. The molecule has 1 aliphatic heterocycles. The fourth-order valence-corrected chi connectivity index (χ4v) is 3.29. The lowest BCUT2D eigenvalue weighted by Crippen LogP contribution is -2.45. The molecule has 1 saturated heterocycles. The van der Waals surface area contributed by atoms with Gasteiger partial charge >= 0.3 is 0 Å². The van der Waals surface area contributed by atoms with Crippen molar-refractivity contribution < 1.29 is 9.47 Å². The van der Waals surface area contributed by atoms with Crippen LogP contribution in [-0.2, 0) is 9.47 Å². The Balaban J connectivity index is 1.65. The second kappa shape index (κ2) is 10.1. The maximum atomic E-state index is 5.67. The Morgan fingerprint density at radius 1 is 1.27 bits per heavy atom. The molecule has 0 amide bonds. The molecular weight excluding hydrogens is 278 g/mol. The van der Waals surface area contributed by atoms with Gasteiger partial charge in [-0.15, -0.1) is 0 Å². The largest absolute Gasteiger partial charge is 0.377 e. The molecule has 2 rings (SSSR count). The molecule has 5 heteroatoms. The zero-order chi connectivity index (χ0) is 15.6. The quantitative estimate of drug-likeness (QED) is 0.430. The number of nitrogens with one attached hydrogen (secondary N) is 2. The molecule has 0 aromatic carbocycles. The van der Waals surface area contributed by atoms with Gasteiger partial charge in [0, 0.05) is 19.2 Å². The first kappa shape index (κ1) is 17.5. The summed E-state index contributed by atoms with van der Waals surface area (Å²) in [5.41, 5.74) is 0. The van der Waals surface area contributed by atoms with E-state index in [-0.39, 0.29) is 0 Å². The molecule has 1 saturated carbocycles. The lowest BCUT2D eigenvalue weighted by molar-refractivity contribution is 0.0200. The molecule has 22 heavy (non-hydrogen) atoms. The van der Waals surface area contributed by atoms with E-state index in [9.17, 15) is 0 Å². The number of aliphatic imine (C=N–C) groups is 1. The number of hydrogen-bond donors (Lipinski definition) is 2. The van der Waals surface area contributed by atoms with Crippen molar-refractivity contribution >= 4 is 5.96 Å². The van der Waals surface area contributed by atoms with Gasteiger partial charge in [0.05, 0.1) is 25.9 Å². The van der Waals surface area contributed by atoms with Crippen LogP contribution in [0.1, 0.15) is 52.4 Å². The van der Waals surface area contributed by atoms with Gasteiger partial charge in [0.15, 0.2) is 5.96 Å². The highest BCUT2D eigenvalue weighted by molar-refractivity contribution is 5.80. The fourth-order valence-electron chi connectivity index (χ4n) is 3.29. The Labute approximate surface area is 135 Å². The van der Waals surface area contributed by atoms with Crippen LogP contribution >= 0.6 is 0 Å². The molecule has 128 valence electrons. The lowest BCUT2D eigenvalue weighted by Gasteiger charge is -2.28. The van der Waals surface area contributed by atoms with Crippen molar-refractivity contribution in [3.63, 3.8) is 0 Å². The maximum absolute atomic E-state index is 5.67. The van der Waals surface area contributed by atoms with Crippen LogP contribution in [0.3, 0.4) is 0 Å². The zero-order valence-corrected chi connectivity index (χ0v) is 14.3. The van der Waals surface area contributed by atoms with Crippen molar-refractivity contribution in [3.05, 3.63) is 0 Å². The number of guanidine groups is 1. The molecule has 0 aromatic heterocycles. The minimum absolute atomic E-state index is 0.305. The number of hydrogen-bond acceptors (Lipinski definition) is 3. The van der Waals surface area contributed by atoms with Crippen LogP contribution in [0, 0.1) is 5.92 Å². The minimum atomic E-state index is 0.305. The van der Waals surface area contributed by atoms with Gasteiger partial charge in [-0.1, -0.05) is 19.8 Å². The molecule has 1 aliphatic carbocycles. The predicted octanol–water partition coefficient (Wildman–Crippen LogP) is 2.32. The molecule has 1 heterocycles. The normalized spacial score (nSPS) is 29.5. The van der Waals surface area contributed by atoms with Gasteiger partial charge in [0.25, 0.3) is 0 Å². The van der Waals surface area contributed by atoms with Crippen molar-refractivity contribution in [2.45, 2.75) is 64.5 Å². The minimum Gasteiger partial charge on any atom is -0.377 e. The van der Waals surface area contributed by atoms with Gasteiger partial charge in [0.2, 0.25) is 0 Å². The van der Waals surface area contributed by atoms with Crippen LogP contribution in [0.2, 0.25) is 0 Å². The molecule has 5 nitrogen and oxygen atoms in total. The Hall–Kier alpha value is -0.810. The predicted molar refractivity (Wildman–Crippen MR) is 90.3 cm³/mol. The van der Waals surface area contributed by atoms with Crippen LogP contribution in [0.15, 0.2) is 4.99 Å². The fraction of sp³-hybridized carbons (Fsp3) is 0.941. The average molecular weight is 311 g/mol. The zero-order valence-electron chi connectivity index (χ0n) is 14.3. The van der Waals surface area contributed by atoms with E-state index in [1.807, 2.05) is 0 Å². The highest BCUT2D eigenvalue weighted by Crippen LogP contribution is 2.23. The topological polar surface area (TPSA) is 54.9 Å². The molecule has 2 N–H and O–H groups in total. The van der Waals surface area contributed by atoms with E-state index in [1.165, 1.54) is 32.1 Å². The molecule has 0 bridgehead atoms. The van der Waals surface area contributed by atoms with Crippen molar-refractivity contribution in [1.82, 2.24) is 10.6 Å². The first-order valence-corrected chi connectivity index (χ1v) is 9.02. The summed E-state index contributed by atoms with van der Waals surface area (Å²) in [6.45, 7) is 8.30. The van der Waals surface area contributed by atoms with Crippen molar-refractivity contribution in [2.24, 2.45) is 10.9 Å². The Morgan fingerprint density at radius 2 is 2.18 bits per heavy atom. The molecule has 3 unspecified atom stereocenters. The summed E-state index contributed by atoms with van der Waals surface area (Å²) >= 11 is 0. The molecule has 0 aromatic rings. The van der Waals surface area contributed by atoms with E-state index < -0.39 is 0 Å². The summed E-state index contributed by atoms with van der Waals surface area (Å²) in [4.78, 5) is 4.63. The van der Waals surface area contributed by atoms with Gasteiger partial charge in [-0.05, 0) is 38.5 Å². The van der Waals surface area contributed by atoms with Gasteiger partial charge in [-0.3, -0.25) is 4.99 Å². The van der Waals surface area contributed by atoms with E-state index in [1.54, 1.807) is 0 Å². The summed E-state index contributed by atoms with van der Waals surface area (Å²) in [7, 11) is 0. The van der Waals surface area contributed by atoms with E-state index in [4.69, 9.17) is 9.47 Å². The smallest absolute Gasteiger partial charge is 0.191 e. The average Bonchev–Trinajstić information content (AvgIpc) is 3.00. The van der Waals surface area contributed by atoms with Crippen molar-refractivity contribution in [2.75, 3.05) is 32.9 Å². The lowest BCUT2D eigenvalue weighted by atomic mass is 9.87. The third kappa shape index (κ3) is 6.53. The molecule has 0 radical (unpaired) electrons. The third-order valence-electron chi connectivity index (χ3n) is 4.45. The van der Waals surface area contributed by atoms with E-state index in [2.05, 4.69) is 29.5 Å². The second-order valence-corrected chi connectivity index (χ2v) is 6.58. The van der Waals surface area contributed by atoms with Crippen LogP contribution < -0.4 is 10.6 Å². The molecule has 2 fully saturated rings. The Bertz CT molecular complexity index is 330. The highest BCUT2D eigenvalue weighted by atomic mass is 16.5. The number of nitrogens with zero attached hydrogens (tertiary/aromatic N) is 1. The van der Waals surface area contributed by atoms with Crippen LogP contribution in [0.25, 0.3) is 0 Å². The summed E-state index contributed by atoms with van der Waals surface area (Å²) in [5, 5.41) is 6.91. The maximum Gasteiger partial charge on any atom is 0.191 e. The molecule has 3 atom stereocenters. The SMILES string of the molecule is CCNC(=NCCOCC1CCCO1)NC1CCCC(C)C1. The van der Waals surface area contributed by atoms with Gasteiger partial charge < -0.3 is 20.1 Å². The van der Waals surface area contributed by atoms with Crippen molar-refractivity contribution in [1.29, 1.82) is 0 Å². The van der Waals surface area contributed by atoms with Gasteiger partial charge in [-0.2, -0.15) is 0 Å². The summed E-state index contributed by atoms with van der Waals surface area (Å²) < 4.78 is 11.2. The Kier molecular flexibility index (Phi) is 8.02.